The molecule has 0 aromatic heterocycles. The molecule has 2 rings (SSSR count). The van der Waals surface area contributed by atoms with E-state index in [4.69, 9.17) is 25.8 Å². The quantitative estimate of drug-likeness (QED) is 0.838. The molecule has 0 radical (unpaired) electrons. The molecule has 15 heavy (non-hydrogen) atoms. The van der Waals surface area contributed by atoms with Gasteiger partial charge in [0.1, 0.15) is 0 Å². The predicted octanol–water partition coefficient (Wildman–Crippen LogP) is 3.16. The monoisotopic (exact) mass is 292 g/mol. The van der Waals surface area contributed by atoms with E-state index in [1.165, 1.54) is 0 Å². The summed E-state index contributed by atoms with van der Waals surface area (Å²) in [5.74, 6) is 0.624. The van der Waals surface area contributed by atoms with Gasteiger partial charge in [0.15, 0.2) is 12.0 Å². The molecule has 0 N–H and O–H groups in total. The number of hydrogen-bond acceptors (Lipinski definition) is 3. The number of ether oxygens (including phenoxy) is 3. The van der Waals surface area contributed by atoms with Crippen molar-refractivity contribution in [2.24, 2.45) is 0 Å². The Balaban J connectivity index is 2.33. The highest BCUT2D eigenvalue weighted by atomic mass is 79.9. The highest BCUT2D eigenvalue weighted by Crippen LogP contribution is 2.37. The first kappa shape index (κ1) is 11.2. The van der Waals surface area contributed by atoms with Gasteiger partial charge in [-0.25, -0.2) is 0 Å². The summed E-state index contributed by atoms with van der Waals surface area (Å²) >= 11 is 9.43. The minimum Gasteiger partial charge on any atom is -0.494 e. The van der Waals surface area contributed by atoms with Crippen LogP contribution in [0.3, 0.4) is 0 Å². The lowest BCUT2D eigenvalue weighted by Crippen LogP contribution is -1.99. The molecule has 0 amide bonds. The molecule has 1 heterocycles. The first-order valence-corrected chi connectivity index (χ1v) is 5.65. The fourth-order valence-electron chi connectivity index (χ4n) is 1.46. The number of hydrogen-bond donors (Lipinski definition) is 0. The minimum atomic E-state index is -0.315. The SMILES string of the molecule is COc1c(Cl)cc(C2OCCO2)cc1Br. The maximum atomic E-state index is 6.05. The summed E-state index contributed by atoms with van der Waals surface area (Å²) in [4.78, 5) is 0. The van der Waals surface area contributed by atoms with Gasteiger partial charge >= 0.3 is 0 Å². The topological polar surface area (TPSA) is 27.7 Å². The summed E-state index contributed by atoms with van der Waals surface area (Å²) in [6, 6.07) is 3.68. The van der Waals surface area contributed by atoms with E-state index in [9.17, 15) is 0 Å². The summed E-state index contributed by atoms with van der Waals surface area (Å²) in [5, 5.41) is 0.543. The number of benzene rings is 1. The van der Waals surface area contributed by atoms with Crippen LogP contribution in [0.2, 0.25) is 5.02 Å². The normalized spacial score (nSPS) is 17.0. The number of rotatable bonds is 2. The van der Waals surface area contributed by atoms with Crippen LogP contribution in [0.1, 0.15) is 11.9 Å². The van der Waals surface area contributed by atoms with Crippen molar-refractivity contribution in [1.82, 2.24) is 0 Å². The van der Waals surface area contributed by atoms with E-state index in [2.05, 4.69) is 15.9 Å². The third-order valence-corrected chi connectivity index (χ3v) is 2.99. The highest BCUT2D eigenvalue weighted by molar-refractivity contribution is 9.10. The van der Waals surface area contributed by atoms with Gasteiger partial charge < -0.3 is 14.2 Å². The Morgan fingerprint density at radius 2 is 2.07 bits per heavy atom. The molecule has 0 aliphatic carbocycles. The van der Waals surface area contributed by atoms with Gasteiger partial charge in [-0.2, -0.15) is 0 Å². The van der Waals surface area contributed by atoms with Crippen molar-refractivity contribution in [3.63, 3.8) is 0 Å². The molecule has 0 unspecified atom stereocenters. The molecule has 0 bridgehead atoms. The van der Waals surface area contributed by atoms with Crippen molar-refractivity contribution in [3.05, 3.63) is 27.2 Å². The van der Waals surface area contributed by atoms with Crippen molar-refractivity contribution >= 4 is 27.5 Å². The molecule has 1 aromatic rings. The molecule has 1 aliphatic rings. The molecule has 1 fully saturated rings. The van der Waals surface area contributed by atoms with E-state index >= 15 is 0 Å². The standard InChI is InChI=1S/C10H10BrClO3/c1-13-9-7(11)4-6(5-8(9)12)10-14-2-3-15-10/h4-5,10H,2-3H2,1H3. The van der Waals surface area contributed by atoms with Crippen molar-refractivity contribution in [2.75, 3.05) is 20.3 Å². The lowest BCUT2D eigenvalue weighted by atomic mass is 10.2. The smallest absolute Gasteiger partial charge is 0.184 e. The lowest BCUT2D eigenvalue weighted by Gasteiger charge is -2.12. The van der Waals surface area contributed by atoms with E-state index in [0.29, 0.717) is 24.0 Å². The van der Waals surface area contributed by atoms with Crippen LogP contribution in [0.5, 0.6) is 5.75 Å². The molecule has 1 aliphatic heterocycles. The molecule has 0 atom stereocenters. The Kier molecular flexibility index (Phi) is 3.51. The van der Waals surface area contributed by atoms with E-state index in [0.717, 1.165) is 10.0 Å². The van der Waals surface area contributed by atoms with Gasteiger partial charge in [-0.05, 0) is 28.1 Å². The van der Waals surface area contributed by atoms with Gasteiger partial charge in [-0.1, -0.05) is 11.6 Å². The number of halogens is 2. The van der Waals surface area contributed by atoms with E-state index in [1.807, 2.05) is 6.07 Å². The minimum absolute atomic E-state index is 0.315. The van der Waals surface area contributed by atoms with Crippen LogP contribution >= 0.6 is 27.5 Å². The first-order chi connectivity index (χ1) is 7.22. The number of methoxy groups -OCH3 is 1. The van der Waals surface area contributed by atoms with Crippen LogP contribution in [0.25, 0.3) is 0 Å². The van der Waals surface area contributed by atoms with Crippen LogP contribution in [-0.2, 0) is 9.47 Å². The maximum absolute atomic E-state index is 6.05. The van der Waals surface area contributed by atoms with Crippen molar-refractivity contribution < 1.29 is 14.2 Å². The second-order valence-electron chi connectivity index (χ2n) is 3.09. The van der Waals surface area contributed by atoms with Crippen LogP contribution in [-0.4, -0.2) is 20.3 Å². The largest absolute Gasteiger partial charge is 0.494 e. The molecule has 3 nitrogen and oxygen atoms in total. The van der Waals surface area contributed by atoms with E-state index in [-0.39, 0.29) is 6.29 Å². The maximum Gasteiger partial charge on any atom is 0.184 e. The van der Waals surface area contributed by atoms with Gasteiger partial charge in [0.2, 0.25) is 0 Å². The second kappa shape index (κ2) is 4.70. The first-order valence-electron chi connectivity index (χ1n) is 4.48. The van der Waals surface area contributed by atoms with Crippen LogP contribution in [0.15, 0.2) is 16.6 Å². The Morgan fingerprint density at radius 1 is 1.40 bits per heavy atom. The fourth-order valence-corrected chi connectivity index (χ4v) is 2.52. The summed E-state index contributed by atoms with van der Waals surface area (Å²) in [6.07, 6.45) is -0.315. The van der Waals surface area contributed by atoms with Gasteiger partial charge in [0.05, 0.1) is 29.8 Å². The molecule has 82 valence electrons. The van der Waals surface area contributed by atoms with Crippen LogP contribution in [0.4, 0.5) is 0 Å². The van der Waals surface area contributed by atoms with Crippen molar-refractivity contribution in [3.8, 4) is 5.75 Å². The van der Waals surface area contributed by atoms with Gasteiger partial charge in [-0.3, -0.25) is 0 Å². The zero-order valence-electron chi connectivity index (χ0n) is 8.13. The van der Waals surface area contributed by atoms with E-state index < -0.39 is 0 Å². The van der Waals surface area contributed by atoms with E-state index in [1.54, 1.807) is 13.2 Å². The Morgan fingerprint density at radius 3 is 2.60 bits per heavy atom. The molecule has 0 spiro atoms. The fraction of sp³-hybridized carbons (Fsp3) is 0.400. The predicted molar refractivity (Wildman–Crippen MR) is 60.3 cm³/mol. The van der Waals surface area contributed by atoms with Crippen molar-refractivity contribution in [1.29, 1.82) is 0 Å². The highest BCUT2D eigenvalue weighted by Gasteiger charge is 2.20. The van der Waals surface area contributed by atoms with Gasteiger partial charge in [0, 0.05) is 5.56 Å². The summed E-state index contributed by atoms with van der Waals surface area (Å²) in [7, 11) is 1.58. The Hall–Kier alpha value is -0.290. The van der Waals surface area contributed by atoms with Crippen LogP contribution < -0.4 is 4.74 Å². The Bertz CT molecular complexity index is 341. The molecule has 1 saturated heterocycles. The molecule has 5 heteroatoms. The zero-order chi connectivity index (χ0) is 10.8. The zero-order valence-corrected chi connectivity index (χ0v) is 10.5. The molecular formula is C10H10BrClO3. The molecular weight excluding hydrogens is 283 g/mol. The van der Waals surface area contributed by atoms with Gasteiger partial charge in [0.25, 0.3) is 0 Å². The second-order valence-corrected chi connectivity index (χ2v) is 4.35. The van der Waals surface area contributed by atoms with Crippen molar-refractivity contribution in [2.45, 2.75) is 6.29 Å². The van der Waals surface area contributed by atoms with Crippen LogP contribution in [0, 0.1) is 0 Å². The molecule has 1 aromatic carbocycles. The third-order valence-electron chi connectivity index (χ3n) is 2.12. The molecule has 0 saturated carbocycles. The third kappa shape index (κ3) is 2.28. The Labute approximate surface area is 101 Å². The summed E-state index contributed by atoms with van der Waals surface area (Å²) in [6.45, 7) is 1.23. The van der Waals surface area contributed by atoms with Gasteiger partial charge in [-0.15, -0.1) is 0 Å². The average molecular weight is 294 g/mol. The average Bonchev–Trinajstić information content (AvgIpc) is 2.69. The lowest BCUT2D eigenvalue weighted by molar-refractivity contribution is -0.0441. The summed E-state index contributed by atoms with van der Waals surface area (Å²) < 4.78 is 16.7. The summed E-state index contributed by atoms with van der Waals surface area (Å²) in [5.41, 5.74) is 0.894.